The number of aryl methyl sites for hydroxylation is 2. The van der Waals surface area contributed by atoms with Crippen molar-refractivity contribution in [2.45, 2.75) is 31.5 Å². The molecule has 104 valence electrons. The molecule has 18 heavy (non-hydrogen) atoms. The van der Waals surface area contributed by atoms with Crippen LogP contribution in [0.25, 0.3) is 0 Å². The van der Waals surface area contributed by atoms with Crippen LogP contribution in [0.1, 0.15) is 12.7 Å². The number of hydrogen-bond donors (Lipinski definition) is 2. The van der Waals surface area contributed by atoms with Gasteiger partial charge in [0.25, 0.3) is 10.0 Å². The second kappa shape index (κ2) is 6.28. The summed E-state index contributed by atoms with van der Waals surface area (Å²) >= 11 is 0. The number of sulfonamides is 1. The minimum absolute atomic E-state index is 0.0357. The molecule has 1 unspecified atom stereocenters. The highest BCUT2D eigenvalue weighted by atomic mass is 32.2. The second-order valence-electron chi connectivity index (χ2n) is 3.87. The Bertz CT molecular complexity index is 483. The Labute approximate surface area is 107 Å². The smallest absolute Gasteiger partial charge is 0.259 e. The molecule has 8 heteroatoms. The Morgan fingerprint density at radius 3 is 2.78 bits per heavy atom. The standard InChI is InChI=1S/C10H19N3O4S/c1-4-13-6-10(12-8(13)2)18(15,16)11-5-9(14)7-17-3/h6,9,11,14H,4-5,7H2,1-3H3. The molecule has 0 radical (unpaired) electrons. The van der Waals surface area contributed by atoms with Crippen molar-refractivity contribution in [1.82, 2.24) is 14.3 Å². The van der Waals surface area contributed by atoms with Crippen molar-refractivity contribution in [3.05, 3.63) is 12.0 Å². The van der Waals surface area contributed by atoms with E-state index in [2.05, 4.69) is 9.71 Å². The van der Waals surface area contributed by atoms with Gasteiger partial charge >= 0.3 is 0 Å². The highest BCUT2D eigenvalue weighted by molar-refractivity contribution is 7.89. The van der Waals surface area contributed by atoms with Gasteiger partial charge in [0.15, 0.2) is 5.03 Å². The first-order chi connectivity index (χ1) is 8.40. The molecule has 0 aliphatic rings. The Morgan fingerprint density at radius 2 is 2.28 bits per heavy atom. The van der Waals surface area contributed by atoms with Crippen molar-refractivity contribution in [3.63, 3.8) is 0 Å². The molecule has 0 saturated heterocycles. The maximum Gasteiger partial charge on any atom is 0.259 e. The lowest BCUT2D eigenvalue weighted by atomic mass is 10.4. The number of nitrogens with zero attached hydrogens (tertiary/aromatic N) is 2. The molecule has 0 saturated carbocycles. The maximum absolute atomic E-state index is 11.9. The Hall–Kier alpha value is -0.960. The highest BCUT2D eigenvalue weighted by Crippen LogP contribution is 2.08. The van der Waals surface area contributed by atoms with Gasteiger partial charge in [0.1, 0.15) is 5.82 Å². The minimum atomic E-state index is -3.68. The van der Waals surface area contributed by atoms with E-state index in [1.807, 2.05) is 6.92 Å². The van der Waals surface area contributed by atoms with E-state index in [0.29, 0.717) is 12.4 Å². The monoisotopic (exact) mass is 277 g/mol. The Balaban J connectivity index is 2.74. The zero-order valence-electron chi connectivity index (χ0n) is 10.8. The lowest BCUT2D eigenvalue weighted by Crippen LogP contribution is -2.34. The third-order valence-corrected chi connectivity index (χ3v) is 3.73. The zero-order chi connectivity index (χ0) is 13.8. The molecule has 1 rings (SSSR count). The number of methoxy groups -OCH3 is 1. The van der Waals surface area contributed by atoms with Gasteiger partial charge in [-0.3, -0.25) is 0 Å². The van der Waals surface area contributed by atoms with Crippen LogP contribution in [-0.2, 0) is 21.3 Å². The summed E-state index contributed by atoms with van der Waals surface area (Å²) in [4.78, 5) is 3.98. The summed E-state index contributed by atoms with van der Waals surface area (Å²) in [5, 5.41) is 9.35. The number of aliphatic hydroxyl groups is 1. The lowest BCUT2D eigenvalue weighted by Gasteiger charge is -2.09. The molecule has 0 bridgehead atoms. The van der Waals surface area contributed by atoms with Gasteiger partial charge in [-0.2, -0.15) is 0 Å². The number of imidazole rings is 1. The van der Waals surface area contributed by atoms with Crippen molar-refractivity contribution in [2.24, 2.45) is 0 Å². The predicted molar refractivity (Wildman–Crippen MR) is 65.7 cm³/mol. The molecule has 1 atom stereocenters. The summed E-state index contributed by atoms with van der Waals surface area (Å²) in [5.74, 6) is 0.635. The summed E-state index contributed by atoms with van der Waals surface area (Å²) in [7, 11) is -2.25. The number of hydrogen-bond acceptors (Lipinski definition) is 5. The molecule has 0 fully saturated rings. The van der Waals surface area contributed by atoms with Crippen molar-refractivity contribution >= 4 is 10.0 Å². The normalized spacial score (nSPS) is 13.8. The lowest BCUT2D eigenvalue weighted by molar-refractivity contribution is 0.0679. The van der Waals surface area contributed by atoms with Gasteiger partial charge < -0.3 is 14.4 Å². The molecule has 2 N–H and O–H groups in total. The fraction of sp³-hybridized carbons (Fsp3) is 0.700. The van der Waals surface area contributed by atoms with E-state index in [1.165, 1.54) is 13.3 Å². The predicted octanol–water partition coefficient (Wildman–Crippen LogP) is -0.503. The third-order valence-electron chi connectivity index (χ3n) is 2.44. The SMILES string of the molecule is CCn1cc(S(=O)(=O)NCC(O)COC)nc1C. The number of aromatic nitrogens is 2. The molecular weight excluding hydrogens is 258 g/mol. The van der Waals surface area contributed by atoms with Crippen LogP contribution in [0.2, 0.25) is 0 Å². The second-order valence-corrected chi connectivity index (χ2v) is 5.59. The van der Waals surface area contributed by atoms with Gasteiger partial charge in [-0.25, -0.2) is 18.1 Å². The van der Waals surface area contributed by atoms with Gasteiger partial charge in [-0.1, -0.05) is 0 Å². The molecule has 0 amide bonds. The minimum Gasteiger partial charge on any atom is -0.389 e. The van der Waals surface area contributed by atoms with Crippen LogP contribution >= 0.6 is 0 Å². The summed E-state index contributed by atoms with van der Waals surface area (Å²) in [6, 6.07) is 0. The van der Waals surface area contributed by atoms with E-state index < -0.39 is 16.1 Å². The van der Waals surface area contributed by atoms with Gasteiger partial charge in [-0.15, -0.1) is 0 Å². The van der Waals surface area contributed by atoms with Crippen molar-refractivity contribution in [2.75, 3.05) is 20.3 Å². The zero-order valence-corrected chi connectivity index (χ0v) is 11.6. The fourth-order valence-corrected chi connectivity index (χ4v) is 2.54. The molecule has 1 heterocycles. The number of aliphatic hydroxyl groups excluding tert-OH is 1. The van der Waals surface area contributed by atoms with E-state index in [4.69, 9.17) is 4.74 Å². The largest absolute Gasteiger partial charge is 0.389 e. The van der Waals surface area contributed by atoms with Crippen molar-refractivity contribution in [3.8, 4) is 0 Å². The average molecular weight is 277 g/mol. The van der Waals surface area contributed by atoms with Gasteiger partial charge in [-0.05, 0) is 13.8 Å². The van der Waals surface area contributed by atoms with Gasteiger partial charge in [0.2, 0.25) is 0 Å². The van der Waals surface area contributed by atoms with E-state index in [1.54, 1.807) is 11.5 Å². The number of nitrogens with one attached hydrogen (secondary N) is 1. The molecule has 0 spiro atoms. The van der Waals surface area contributed by atoms with Gasteiger partial charge in [0, 0.05) is 26.4 Å². The maximum atomic E-state index is 11.9. The molecular formula is C10H19N3O4S. The summed E-state index contributed by atoms with van der Waals surface area (Å²) in [6.45, 7) is 4.27. The van der Waals surface area contributed by atoms with E-state index in [9.17, 15) is 13.5 Å². The number of rotatable bonds is 7. The molecule has 0 aliphatic carbocycles. The summed E-state index contributed by atoms with van der Waals surface area (Å²) in [5.41, 5.74) is 0. The van der Waals surface area contributed by atoms with Crippen LogP contribution in [0.3, 0.4) is 0 Å². The topological polar surface area (TPSA) is 93.5 Å². The highest BCUT2D eigenvalue weighted by Gasteiger charge is 2.19. The molecule has 1 aromatic rings. The van der Waals surface area contributed by atoms with Crippen LogP contribution in [0, 0.1) is 6.92 Å². The van der Waals surface area contributed by atoms with Crippen molar-refractivity contribution in [1.29, 1.82) is 0 Å². The number of ether oxygens (including phenoxy) is 1. The first-order valence-electron chi connectivity index (χ1n) is 5.61. The fourth-order valence-electron chi connectivity index (χ4n) is 1.46. The van der Waals surface area contributed by atoms with Crippen LogP contribution in [0.4, 0.5) is 0 Å². The summed E-state index contributed by atoms with van der Waals surface area (Å²) in [6.07, 6.45) is 0.597. The summed E-state index contributed by atoms with van der Waals surface area (Å²) < 4.78 is 32.5. The first kappa shape index (κ1) is 15.1. The van der Waals surface area contributed by atoms with E-state index >= 15 is 0 Å². The molecule has 7 nitrogen and oxygen atoms in total. The molecule has 0 aliphatic heterocycles. The quantitative estimate of drug-likeness (QED) is 0.700. The Kier molecular flexibility index (Phi) is 5.27. The molecule has 1 aromatic heterocycles. The first-order valence-corrected chi connectivity index (χ1v) is 7.09. The third kappa shape index (κ3) is 3.77. The van der Waals surface area contributed by atoms with E-state index in [-0.39, 0.29) is 18.2 Å². The Morgan fingerprint density at radius 1 is 1.61 bits per heavy atom. The van der Waals surface area contributed by atoms with Crippen molar-refractivity contribution < 1.29 is 18.3 Å². The van der Waals surface area contributed by atoms with Crippen LogP contribution in [0.15, 0.2) is 11.2 Å². The average Bonchev–Trinajstić information content (AvgIpc) is 2.69. The van der Waals surface area contributed by atoms with Crippen LogP contribution in [-0.4, -0.2) is 49.4 Å². The van der Waals surface area contributed by atoms with Crippen LogP contribution in [0.5, 0.6) is 0 Å². The van der Waals surface area contributed by atoms with Gasteiger partial charge in [0.05, 0.1) is 12.7 Å². The van der Waals surface area contributed by atoms with E-state index in [0.717, 1.165) is 0 Å². The van der Waals surface area contributed by atoms with Crippen LogP contribution < -0.4 is 4.72 Å². The molecule has 0 aromatic carbocycles.